The molecule has 0 aromatic carbocycles. The molecule has 0 saturated carbocycles. The van der Waals surface area contributed by atoms with Crippen molar-refractivity contribution in [2.45, 2.75) is 6.54 Å². The first kappa shape index (κ1) is 8.57. The summed E-state index contributed by atoms with van der Waals surface area (Å²) in [5.41, 5.74) is 11.2. The van der Waals surface area contributed by atoms with E-state index in [1.165, 1.54) is 4.52 Å². The quantitative estimate of drug-likeness (QED) is 0.612. The SMILES string of the molecule is NCc1ccnc2nc(C(N)=O)nn12. The first-order valence-corrected chi connectivity index (χ1v) is 3.93. The molecule has 7 heteroatoms. The number of rotatable bonds is 2. The van der Waals surface area contributed by atoms with Crippen LogP contribution in [0.4, 0.5) is 0 Å². The van der Waals surface area contributed by atoms with Gasteiger partial charge < -0.3 is 11.5 Å². The largest absolute Gasteiger partial charge is 0.363 e. The van der Waals surface area contributed by atoms with Gasteiger partial charge in [-0.3, -0.25) is 4.79 Å². The molecular weight excluding hydrogens is 184 g/mol. The Labute approximate surface area is 78.7 Å². The smallest absolute Gasteiger partial charge is 0.288 e. The van der Waals surface area contributed by atoms with Crippen molar-refractivity contribution in [1.29, 1.82) is 0 Å². The minimum absolute atomic E-state index is 0.0570. The molecule has 0 aliphatic heterocycles. The summed E-state index contributed by atoms with van der Waals surface area (Å²) < 4.78 is 1.40. The van der Waals surface area contributed by atoms with Crippen LogP contribution < -0.4 is 11.5 Å². The maximum Gasteiger partial charge on any atom is 0.288 e. The summed E-state index contributed by atoms with van der Waals surface area (Å²) in [5, 5.41) is 3.87. The van der Waals surface area contributed by atoms with Gasteiger partial charge in [-0.15, -0.1) is 5.10 Å². The van der Waals surface area contributed by atoms with Gasteiger partial charge in [0.25, 0.3) is 11.7 Å². The van der Waals surface area contributed by atoms with Crippen molar-refractivity contribution in [3.05, 3.63) is 23.8 Å². The molecule has 4 N–H and O–H groups in total. The van der Waals surface area contributed by atoms with E-state index in [1.807, 2.05) is 0 Å². The fraction of sp³-hybridized carbons (Fsp3) is 0.143. The highest BCUT2D eigenvalue weighted by molar-refractivity contribution is 5.89. The molecule has 2 aromatic rings. The van der Waals surface area contributed by atoms with Gasteiger partial charge in [0.05, 0.1) is 5.69 Å². The molecule has 0 spiro atoms. The maximum absolute atomic E-state index is 10.8. The fourth-order valence-electron chi connectivity index (χ4n) is 1.10. The number of nitrogens with zero attached hydrogens (tertiary/aromatic N) is 4. The Kier molecular flexibility index (Phi) is 1.86. The summed E-state index contributed by atoms with van der Waals surface area (Å²) in [7, 11) is 0. The van der Waals surface area contributed by atoms with Gasteiger partial charge in [-0.2, -0.15) is 9.50 Å². The van der Waals surface area contributed by atoms with Crippen molar-refractivity contribution < 1.29 is 4.79 Å². The van der Waals surface area contributed by atoms with Gasteiger partial charge in [-0.25, -0.2) is 4.98 Å². The van der Waals surface area contributed by atoms with E-state index in [1.54, 1.807) is 12.3 Å². The molecule has 0 saturated heterocycles. The van der Waals surface area contributed by atoms with Crippen molar-refractivity contribution in [2.24, 2.45) is 11.5 Å². The highest BCUT2D eigenvalue weighted by Crippen LogP contribution is 2.01. The summed E-state index contributed by atoms with van der Waals surface area (Å²) in [6, 6.07) is 1.70. The van der Waals surface area contributed by atoms with Crippen molar-refractivity contribution in [3.8, 4) is 0 Å². The van der Waals surface area contributed by atoms with Crippen LogP contribution in [0.25, 0.3) is 5.78 Å². The van der Waals surface area contributed by atoms with E-state index in [-0.39, 0.29) is 5.82 Å². The van der Waals surface area contributed by atoms with E-state index < -0.39 is 5.91 Å². The predicted octanol–water partition coefficient (Wildman–Crippen LogP) is -1.32. The van der Waals surface area contributed by atoms with E-state index >= 15 is 0 Å². The first-order valence-electron chi connectivity index (χ1n) is 3.93. The minimum Gasteiger partial charge on any atom is -0.363 e. The van der Waals surface area contributed by atoms with Crippen LogP contribution in [0.5, 0.6) is 0 Å². The standard InChI is InChI=1S/C7H8N6O/c8-3-4-1-2-10-7-11-6(5(9)14)12-13(4)7/h1-2H,3,8H2,(H2,9,14). The normalized spacial score (nSPS) is 10.6. The van der Waals surface area contributed by atoms with Crippen molar-refractivity contribution >= 4 is 11.7 Å². The number of aromatic nitrogens is 4. The zero-order chi connectivity index (χ0) is 10.1. The lowest BCUT2D eigenvalue weighted by Crippen LogP contribution is -2.13. The van der Waals surface area contributed by atoms with E-state index in [2.05, 4.69) is 15.1 Å². The van der Waals surface area contributed by atoms with Crippen molar-refractivity contribution in [3.63, 3.8) is 0 Å². The monoisotopic (exact) mass is 192 g/mol. The summed E-state index contributed by atoms with van der Waals surface area (Å²) in [6.07, 6.45) is 1.55. The Morgan fingerprint density at radius 3 is 3.00 bits per heavy atom. The van der Waals surface area contributed by atoms with Crippen LogP contribution in [0.1, 0.15) is 16.3 Å². The summed E-state index contributed by atoms with van der Waals surface area (Å²) >= 11 is 0. The van der Waals surface area contributed by atoms with Crippen LogP contribution in [0.15, 0.2) is 12.3 Å². The Morgan fingerprint density at radius 2 is 2.36 bits per heavy atom. The third-order valence-corrected chi connectivity index (χ3v) is 1.75. The number of fused-ring (bicyclic) bond motifs is 1. The molecule has 1 amide bonds. The molecule has 0 radical (unpaired) electrons. The topological polar surface area (TPSA) is 112 Å². The van der Waals surface area contributed by atoms with Crippen LogP contribution >= 0.6 is 0 Å². The average molecular weight is 192 g/mol. The van der Waals surface area contributed by atoms with Gasteiger partial charge in [-0.05, 0) is 6.07 Å². The third-order valence-electron chi connectivity index (χ3n) is 1.75. The zero-order valence-electron chi connectivity index (χ0n) is 7.21. The minimum atomic E-state index is -0.682. The van der Waals surface area contributed by atoms with Gasteiger partial charge in [-0.1, -0.05) is 0 Å². The van der Waals surface area contributed by atoms with Gasteiger partial charge >= 0.3 is 0 Å². The number of hydrogen-bond donors (Lipinski definition) is 2. The zero-order valence-corrected chi connectivity index (χ0v) is 7.21. The first-order chi connectivity index (χ1) is 6.72. The summed E-state index contributed by atoms with van der Waals surface area (Å²) in [5.74, 6) is -0.418. The molecule has 2 heterocycles. The van der Waals surface area contributed by atoms with Crippen LogP contribution in [-0.2, 0) is 6.54 Å². The number of carbonyl (C=O) groups excluding carboxylic acids is 1. The molecule has 2 rings (SSSR count). The highest BCUT2D eigenvalue weighted by atomic mass is 16.1. The van der Waals surface area contributed by atoms with E-state index in [0.717, 1.165) is 5.69 Å². The predicted molar refractivity (Wildman–Crippen MR) is 47.2 cm³/mol. The number of primary amides is 1. The van der Waals surface area contributed by atoms with E-state index in [9.17, 15) is 4.79 Å². The molecule has 0 fully saturated rings. The molecule has 0 aliphatic carbocycles. The average Bonchev–Trinajstić information content (AvgIpc) is 2.60. The summed E-state index contributed by atoms with van der Waals surface area (Å²) in [4.78, 5) is 18.5. The van der Waals surface area contributed by atoms with Crippen LogP contribution in [-0.4, -0.2) is 25.5 Å². The van der Waals surface area contributed by atoms with Crippen LogP contribution in [0.3, 0.4) is 0 Å². The molecule has 72 valence electrons. The Balaban J connectivity index is 2.70. The second kappa shape index (κ2) is 3.04. The molecule has 0 bridgehead atoms. The van der Waals surface area contributed by atoms with Crippen LogP contribution in [0.2, 0.25) is 0 Å². The molecular formula is C7H8N6O. The maximum atomic E-state index is 10.8. The van der Waals surface area contributed by atoms with Crippen molar-refractivity contribution in [2.75, 3.05) is 0 Å². The molecule has 0 aliphatic rings. The molecule has 14 heavy (non-hydrogen) atoms. The third kappa shape index (κ3) is 1.19. The number of nitrogens with two attached hydrogens (primary N) is 2. The summed E-state index contributed by atoms with van der Waals surface area (Å²) in [6.45, 7) is 0.292. The lowest BCUT2D eigenvalue weighted by molar-refractivity contribution is 0.0990. The Hall–Kier alpha value is -2.02. The lowest BCUT2D eigenvalue weighted by Gasteiger charge is -1.97. The number of carbonyl (C=O) groups is 1. The van der Waals surface area contributed by atoms with Crippen LogP contribution in [0, 0.1) is 0 Å². The Bertz CT molecular complexity index is 490. The van der Waals surface area contributed by atoms with E-state index in [0.29, 0.717) is 12.3 Å². The van der Waals surface area contributed by atoms with Gasteiger partial charge in [0.1, 0.15) is 0 Å². The number of hydrogen-bond acceptors (Lipinski definition) is 5. The van der Waals surface area contributed by atoms with Crippen molar-refractivity contribution in [1.82, 2.24) is 19.6 Å². The second-order valence-corrected chi connectivity index (χ2v) is 2.65. The molecule has 0 unspecified atom stereocenters. The highest BCUT2D eigenvalue weighted by Gasteiger charge is 2.10. The lowest BCUT2D eigenvalue weighted by atomic mass is 10.4. The fourth-order valence-corrected chi connectivity index (χ4v) is 1.10. The van der Waals surface area contributed by atoms with E-state index in [4.69, 9.17) is 11.5 Å². The Morgan fingerprint density at radius 1 is 1.57 bits per heavy atom. The van der Waals surface area contributed by atoms with Gasteiger partial charge in [0.15, 0.2) is 0 Å². The number of amides is 1. The molecule has 2 aromatic heterocycles. The second-order valence-electron chi connectivity index (χ2n) is 2.65. The molecule has 7 nitrogen and oxygen atoms in total. The van der Waals surface area contributed by atoms with Gasteiger partial charge in [0, 0.05) is 12.7 Å². The molecule has 0 atom stereocenters. The van der Waals surface area contributed by atoms with Gasteiger partial charge in [0.2, 0.25) is 5.82 Å².